The number of carbonyl (C=O) groups is 1. The fourth-order valence-electron chi connectivity index (χ4n) is 1.72. The van der Waals surface area contributed by atoms with Gasteiger partial charge in [-0.2, -0.15) is 0 Å². The number of rotatable bonds is 5. The Labute approximate surface area is 127 Å². The average molecular weight is 307 g/mol. The van der Waals surface area contributed by atoms with Crippen molar-refractivity contribution in [3.05, 3.63) is 52.7 Å². The number of nitrogen functional groups attached to an aromatic ring is 1. The fourth-order valence-corrected chi connectivity index (χ4v) is 1.91. The SMILES string of the molecule is CCOC(=O)c1ccnc(OCc2ccccc2Cl)c1N. The second-order valence-electron chi connectivity index (χ2n) is 4.18. The van der Waals surface area contributed by atoms with Crippen molar-refractivity contribution in [1.29, 1.82) is 0 Å². The van der Waals surface area contributed by atoms with Crippen molar-refractivity contribution in [2.24, 2.45) is 0 Å². The summed E-state index contributed by atoms with van der Waals surface area (Å²) in [5.41, 5.74) is 7.10. The molecule has 0 aliphatic rings. The molecule has 0 saturated heterocycles. The highest BCUT2D eigenvalue weighted by Crippen LogP contribution is 2.25. The summed E-state index contributed by atoms with van der Waals surface area (Å²) < 4.78 is 10.5. The molecule has 1 aromatic carbocycles. The summed E-state index contributed by atoms with van der Waals surface area (Å²) in [6.07, 6.45) is 1.45. The van der Waals surface area contributed by atoms with Gasteiger partial charge in [0.2, 0.25) is 5.88 Å². The normalized spacial score (nSPS) is 10.2. The molecule has 1 heterocycles. The van der Waals surface area contributed by atoms with Crippen LogP contribution in [0.3, 0.4) is 0 Å². The number of ether oxygens (including phenoxy) is 2. The van der Waals surface area contributed by atoms with Gasteiger partial charge in [-0.1, -0.05) is 29.8 Å². The molecular formula is C15H15ClN2O3. The molecule has 0 radical (unpaired) electrons. The number of anilines is 1. The van der Waals surface area contributed by atoms with Gasteiger partial charge < -0.3 is 15.2 Å². The Morgan fingerprint density at radius 3 is 2.81 bits per heavy atom. The number of nitrogens with two attached hydrogens (primary N) is 1. The second kappa shape index (κ2) is 6.95. The van der Waals surface area contributed by atoms with Crippen LogP contribution < -0.4 is 10.5 Å². The third-order valence-electron chi connectivity index (χ3n) is 2.77. The first-order valence-corrected chi connectivity index (χ1v) is 6.79. The van der Waals surface area contributed by atoms with Crippen LogP contribution in [0.25, 0.3) is 0 Å². The van der Waals surface area contributed by atoms with Crippen molar-refractivity contribution in [2.45, 2.75) is 13.5 Å². The third kappa shape index (κ3) is 3.64. The van der Waals surface area contributed by atoms with E-state index in [9.17, 15) is 4.79 Å². The van der Waals surface area contributed by atoms with Gasteiger partial charge in [-0.05, 0) is 19.1 Å². The Bertz CT molecular complexity index is 647. The number of nitrogens with zero attached hydrogens (tertiary/aromatic N) is 1. The van der Waals surface area contributed by atoms with E-state index in [0.717, 1.165) is 5.56 Å². The summed E-state index contributed by atoms with van der Waals surface area (Å²) in [5.74, 6) is -0.319. The van der Waals surface area contributed by atoms with Gasteiger partial charge in [0.1, 0.15) is 12.3 Å². The monoisotopic (exact) mass is 306 g/mol. The molecule has 0 unspecified atom stereocenters. The van der Waals surface area contributed by atoms with Crippen molar-refractivity contribution >= 4 is 23.3 Å². The first kappa shape index (κ1) is 15.1. The van der Waals surface area contributed by atoms with Gasteiger partial charge in [0, 0.05) is 16.8 Å². The summed E-state index contributed by atoms with van der Waals surface area (Å²) in [5, 5.41) is 0.595. The summed E-state index contributed by atoms with van der Waals surface area (Å²) in [6.45, 7) is 2.21. The summed E-state index contributed by atoms with van der Waals surface area (Å²) >= 11 is 6.05. The minimum Gasteiger partial charge on any atom is -0.471 e. The molecular weight excluding hydrogens is 292 g/mol. The molecule has 0 bridgehead atoms. The minimum absolute atomic E-state index is 0.156. The third-order valence-corrected chi connectivity index (χ3v) is 3.14. The van der Waals surface area contributed by atoms with Crippen LogP contribution in [0.4, 0.5) is 5.69 Å². The van der Waals surface area contributed by atoms with Gasteiger partial charge in [0.05, 0.1) is 12.2 Å². The molecule has 0 amide bonds. The zero-order valence-electron chi connectivity index (χ0n) is 11.5. The van der Waals surface area contributed by atoms with Crippen molar-refractivity contribution in [3.63, 3.8) is 0 Å². The van der Waals surface area contributed by atoms with E-state index in [4.69, 9.17) is 26.8 Å². The van der Waals surface area contributed by atoms with Crippen molar-refractivity contribution in [2.75, 3.05) is 12.3 Å². The van der Waals surface area contributed by atoms with Crippen molar-refractivity contribution < 1.29 is 14.3 Å². The van der Waals surface area contributed by atoms with Gasteiger partial charge in [0.25, 0.3) is 0 Å². The Morgan fingerprint density at radius 2 is 2.10 bits per heavy atom. The first-order chi connectivity index (χ1) is 10.1. The van der Waals surface area contributed by atoms with E-state index in [1.807, 2.05) is 18.2 Å². The predicted molar refractivity (Wildman–Crippen MR) is 80.4 cm³/mol. The number of hydrogen-bond acceptors (Lipinski definition) is 5. The van der Waals surface area contributed by atoms with E-state index in [1.54, 1.807) is 13.0 Å². The van der Waals surface area contributed by atoms with E-state index in [2.05, 4.69) is 4.98 Å². The highest BCUT2D eigenvalue weighted by Gasteiger charge is 2.15. The summed E-state index contributed by atoms with van der Waals surface area (Å²) in [7, 11) is 0. The van der Waals surface area contributed by atoms with Crippen LogP contribution in [0.5, 0.6) is 5.88 Å². The molecule has 0 spiro atoms. The molecule has 0 atom stereocenters. The Balaban J connectivity index is 2.16. The van der Waals surface area contributed by atoms with E-state index in [0.29, 0.717) is 5.02 Å². The molecule has 0 aliphatic carbocycles. The molecule has 5 nitrogen and oxygen atoms in total. The zero-order valence-corrected chi connectivity index (χ0v) is 12.3. The highest BCUT2D eigenvalue weighted by atomic mass is 35.5. The number of hydrogen-bond donors (Lipinski definition) is 1. The van der Waals surface area contributed by atoms with Crippen LogP contribution in [-0.2, 0) is 11.3 Å². The van der Waals surface area contributed by atoms with Crippen molar-refractivity contribution in [1.82, 2.24) is 4.98 Å². The van der Waals surface area contributed by atoms with Gasteiger partial charge >= 0.3 is 5.97 Å². The number of esters is 1. The Morgan fingerprint density at radius 1 is 1.33 bits per heavy atom. The maximum Gasteiger partial charge on any atom is 0.340 e. The zero-order chi connectivity index (χ0) is 15.2. The molecule has 21 heavy (non-hydrogen) atoms. The van der Waals surface area contributed by atoms with E-state index in [-0.39, 0.29) is 30.3 Å². The molecule has 2 N–H and O–H groups in total. The maximum atomic E-state index is 11.7. The fraction of sp³-hybridized carbons (Fsp3) is 0.200. The molecule has 110 valence electrons. The number of halogens is 1. The number of carbonyl (C=O) groups excluding carboxylic acids is 1. The smallest absolute Gasteiger partial charge is 0.340 e. The number of pyridine rings is 1. The van der Waals surface area contributed by atoms with Gasteiger partial charge in [-0.3, -0.25) is 0 Å². The largest absolute Gasteiger partial charge is 0.471 e. The lowest BCUT2D eigenvalue weighted by molar-refractivity contribution is 0.0527. The molecule has 1 aromatic heterocycles. The average Bonchev–Trinajstić information content (AvgIpc) is 2.48. The van der Waals surface area contributed by atoms with Gasteiger partial charge in [0.15, 0.2) is 0 Å². The molecule has 0 aliphatic heterocycles. The van der Waals surface area contributed by atoms with Crippen LogP contribution in [-0.4, -0.2) is 17.6 Å². The lowest BCUT2D eigenvalue weighted by Crippen LogP contribution is -2.10. The van der Waals surface area contributed by atoms with Crippen LogP contribution in [0.1, 0.15) is 22.8 Å². The summed E-state index contributed by atoms with van der Waals surface area (Å²) in [6, 6.07) is 8.80. The minimum atomic E-state index is -0.500. The van der Waals surface area contributed by atoms with E-state index >= 15 is 0 Å². The first-order valence-electron chi connectivity index (χ1n) is 6.41. The van der Waals surface area contributed by atoms with E-state index < -0.39 is 5.97 Å². The Kier molecular flexibility index (Phi) is 5.00. The molecule has 0 saturated carbocycles. The van der Waals surface area contributed by atoms with E-state index in [1.165, 1.54) is 12.3 Å². The van der Waals surface area contributed by atoms with Crippen LogP contribution in [0.2, 0.25) is 5.02 Å². The predicted octanol–water partition coefficient (Wildman–Crippen LogP) is 3.07. The maximum absolute atomic E-state index is 11.7. The summed E-state index contributed by atoms with van der Waals surface area (Å²) in [4.78, 5) is 15.8. The Hall–Kier alpha value is -2.27. The second-order valence-corrected chi connectivity index (χ2v) is 4.59. The molecule has 0 fully saturated rings. The number of benzene rings is 1. The van der Waals surface area contributed by atoms with Crippen LogP contribution in [0.15, 0.2) is 36.5 Å². The lowest BCUT2D eigenvalue weighted by atomic mass is 10.2. The molecule has 2 rings (SSSR count). The van der Waals surface area contributed by atoms with Crippen LogP contribution in [0, 0.1) is 0 Å². The van der Waals surface area contributed by atoms with Gasteiger partial charge in [-0.15, -0.1) is 0 Å². The molecule has 2 aromatic rings. The highest BCUT2D eigenvalue weighted by molar-refractivity contribution is 6.31. The molecule has 6 heteroatoms. The lowest BCUT2D eigenvalue weighted by Gasteiger charge is -2.11. The topological polar surface area (TPSA) is 74.4 Å². The van der Waals surface area contributed by atoms with Crippen molar-refractivity contribution in [3.8, 4) is 5.88 Å². The van der Waals surface area contributed by atoms with Crippen LogP contribution >= 0.6 is 11.6 Å². The quantitative estimate of drug-likeness (QED) is 0.859. The number of aromatic nitrogens is 1. The standard InChI is InChI=1S/C15H15ClN2O3/c1-2-20-15(19)11-7-8-18-14(13(11)17)21-9-10-5-3-4-6-12(10)16/h3-8H,2,9,17H2,1H3. The van der Waals surface area contributed by atoms with Gasteiger partial charge in [-0.25, -0.2) is 9.78 Å².